The largest absolute Gasteiger partial charge is 0.496 e. The number of allylic oxidation sites excluding steroid dienone is 1. The molecule has 3 heterocycles. The van der Waals surface area contributed by atoms with Crippen molar-refractivity contribution in [2.45, 2.75) is 106 Å². The summed E-state index contributed by atoms with van der Waals surface area (Å²) in [5, 5.41) is 5.60. The van der Waals surface area contributed by atoms with Gasteiger partial charge in [0.1, 0.15) is 46.7 Å². The number of carbonyl (C=O) groups excluding carboxylic acids is 4. The molecule has 2 aliphatic carbocycles. The van der Waals surface area contributed by atoms with E-state index in [0.717, 1.165) is 17.0 Å². The van der Waals surface area contributed by atoms with Crippen molar-refractivity contribution in [1.29, 1.82) is 0 Å². The molecule has 20 heteroatoms. The van der Waals surface area contributed by atoms with E-state index in [9.17, 15) is 49.5 Å². The van der Waals surface area contributed by atoms with E-state index in [1.54, 1.807) is 25.1 Å². The molecular formula is C38H46F5N5O9S. The molecule has 1 aromatic carbocycles. The maximum absolute atomic E-state index is 14.7. The number of nitrogens with one attached hydrogen (secondary N) is 3. The molecule has 2 aromatic rings. The summed E-state index contributed by atoms with van der Waals surface area (Å²) in [5.74, 6) is -4.90. The third kappa shape index (κ3) is 8.66. The maximum atomic E-state index is 14.7. The summed E-state index contributed by atoms with van der Waals surface area (Å²) in [7, 11) is -3.14. The summed E-state index contributed by atoms with van der Waals surface area (Å²) < 4.78 is 111. The van der Waals surface area contributed by atoms with Crippen LogP contribution in [0.1, 0.15) is 65.7 Å². The average molecular weight is 844 g/mol. The SMILES string of the molecule is COc1cc(F)cc2c(O[C@@H]3C[C@H]4C(=O)N[C@]5(C(=O)NS(=O)(=O)C6(CF)CC6)C[C@H]5/C=C\CC[C@@H](C)C[C@@H](C)[C@H](NC(=O)O[C@H](C)C(F)(F)F)C(=O)N4C3)nccc12. The number of rotatable bonds is 9. The minimum atomic E-state index is -4.89. The van der Waals surface area contributed by atoms with Crippen molar-refractivity contribution in [3.05, 3.63) is 42.4 Å². The van der Waals surface area contributed by atoms with Gasteiger partial charge in [0, 0.05) is 30.0 Å². The van der Waals surface area contributed by atoms with Crippen LogP contribution in [0.2, 0.25) is 0 Å². The molecule has 8 atom stereocenters. The van der Waals surface area contributed by atoms with Gasteiger partial charge in [0.05, 0.1) is 19.0 Å². The van der Waals surface area contributed by atoms with Gasteiger partial charge in [-0.1, -0.05) is 26.0 Å². The van der Waals surface area contributed by atoms with Gasteiger partial charge >= 0.3 is 12.3 Å². The van der Waals surface area contributed by atoms with Crippen molar-refractivity contribution in [1.82, 2.24) is 25.2 Å². The molecule has 1 aromatic heterocycles. The lowest BCUT2D eigenvalue weighted by atomic mass is 9.88. The summed E-state index contributed by atoms with van der Waals surface area (Å²) in [6.07, 6.45) is -4.03. The highest BCUT2D eigenvalue weighted by Crippen LogP contribution is 2.48. The highest BCUT2D eigenvalue weighted by atomic mass is 32.2. The van der Waals surface area contributed by atoms with Crippen LogP contribution in [0.5, 0.6) is 11.6 Å². The highest BCUT2D eigenvalue weighted by Gasteiger charge is 2.64. The zero-order valence-corrected chi connectivity index (χ0v) is 33.1. The van der Waals surface area contributed by atoms with Crippen molar-refractivity contribution >= 4 is 44.6 Å². The molecule has 0 radical (unpaired) electrons. The fraction of sp³-hybridized carbons (Fsp3) is 0.605. The van der Waals surface area contributed by atoms with E-state index >= 15 is 0 Å². The zero-order valence-electron chi connectivity index (χ0n) is 32.2. The quantitative estimate of drug-likeness (QED) is 0.238. The molecule has 1 saturated heterocycles. The van der Waals surface area contributed by atoms with Crippen molar-refractivity contribution in [3.63, 3.8) is 0 Å². The molecule has 4 amide bonds. The first kappa shape index (κ1) is 42.8. The molecule has 4 aliphatic rings. The Morgan fingerprint density at radius 3 is 2.52 bits per heavy atom. The smallest absolute Gasteiger partial charge is 0.425 e. The van der Waals surface area contributed by atoms with Crippen molar-refractivity contribution in [2.75, 3.05) is 20.3 Å². The first-order chi connectivity index (χ1) is 27.2. The maximum Gasteiger partial charge on any atom is 0.425 e. The number of benzene rings is 1. The number of alkyl carbamates (subject to hydrolysis) is 1. The first-order valence-corrected chi connectivity index (χ1v) is 20.5. The second-order valence-electron chi connectivity index (χ2n) is 15.9. The normalized spacial score (nSPS) is 29.7. The first-order valence-electron chi connectivity index (χ1n) is 19.0. The fourth-order valence-corrected chi connectivity index (χ4v) is 9.18. The number of nitrogens with zero attached hydrogens (tertiary/aromatic N) is 2. The van der Waals surface area contributed by atoms with Gasteiger partial charge in [0.2, 0.25) is 27.7 Å². The van der Waals surface area contributed by atoms with E-state index in [1.165, 1.54) is 13.3 Å². The third-order valence-electron chi connectivity index (χ3n) is 11.6. The second kappa shape index (κ2) is 16.1. The van der Waals surface area contributed by atoms with Gasteiger partial charge in [-0.25, -0.2) is 27.0 Å². The fourth-order valence-electron chi connectivity index (χ4n) is 7.75. The predicted octanol–water partition coefficient (Wildman–Crippen LogP) is 4.61. The van der Waals surface area contributed by atoms with E-state index < -0.39 is 98.9 Å². The lowest BCUT2D eigenvalue weighted by Crippen LogP contribution is -2.59. The van der Waals surface area contributed by atoms with Crippen LogP contribution >= 0.6 is 0 Å². The monoisotopic (exact) mass is 843 g/mol. The number of methoxy groups -OCH3 is 1. The molecule has 6 rings (SSSR count). The second-order valence-corrected chi connectivity index (χ2v) is 17.9. The molecule has 14 nitrogen and oxygen atoms in total. The predicted molar refractivity (Wildman–Crippen MR) is 197 cm³/mol. The minimum absolute atomic E-state index is 0.00872. The Kier molecular flexibility index (Phi) is 11.9. The Bertz CT molecular complexity index is 2080. The van der Waals surface area contributed by atoms with E-state index in [1.807, 2.05) is 11.6 Å². The number of sulfonamides is 1. The molecule has 2 aliphatic heterocycles. The molecule has 3 N–H and O–H groups in total. The summed E-state index contributed by atoms with van der Waals surface area (Å²) in [6, 6.07) is 0.934. The molecule has 3 fully saturated rings. The highest BCUT2D eigenvalue weighted by molar-refractivity contribution is 7.91. The van der Waals surface area contributed by atoms with E-state index in [2.05, 4.69) is 20.4 Å². The number of halogens is 5. The zero-order chi connectivity index (χ0) is 42.4. The Balaban J connectivity index is 1.36. The number of amides is 4. The van der Waals surface area contributed by atoms with Crippen LogP contribution in [0.15, 0.2) is 36.5 Å². The van der Waals surface area contributed by atoms with Crippen LogP contribution in [-0.2, 0) is 29.1 Å². The number of carbonyl (C=O) groups is 4. The lowest BCUT2D eigenvalue weighted by Gasteiger charge is -2.33. The Morgan fingerprint density at radius 1 is 1.14 bits per heavy atom. The standard InChI is InChI=1S/C38H46F5N5O9S/c1-20-7-5-6-8-23-17-37(23,34(51)47-58(53,54)36(19-39)10-11-36)46-31(49)28-16-25(57-32-27-14-24(40)15-29(55-4)26(27)9-12-44-32)18-48(28)33(50)30(21(2)13-20)45-35(52)56-22(3)38(41,42)43/h6,8-9,12,14-15,20-23,25,28,30H,5,7,10-11,13,16-19H2,1-4H3,(H,45,52)(H,46,49)(H,47,51)/b8-6-/t20-,21-,22-,23-,25-,28+,30+,37-/m1/s1. The van der Waals surface area contributed by atoms with E-state index in [-0.39, 0.29) is 55.2 Å². The molecule has 318 valence electrons. The molecule has 2 saturated carbocycles. The molecular weight excluding hydrogens is 798 g/mol. The number of pyridine rings is 1. The summed E-state index contributed by atoms with van der Waals surface area (Å²) in [6.45, 7) is 2.59. The van der Waals surface area contributed by atoms with Gasteiger partial charge in [-0.3, -0.25) is 19.1 Å². The van der Waals surface area contributed by atoms with E-state index in [4.69, 9.17) is 9.47 Å². The van der Waals surface area contributed by atoms with Crippen molar-refractivity contribution in [2.24, 2.45) is 17.8 Å². The van der Waals surface area contributed by atoms with Crippen molar-refractivity contribution < 1.29 is 63.8 Å². The van der Waals surface area contributed by atoms with Gasteiger partial charge in [-0.15, -0.1) is 0 Å². The summed E-state index contributed by atoms with van der Waals surface area (Å²) >= 11 is 0. The van der Waals surface area contributed by atoms with Crippen molar-refractivity contribution in [3.8, 4) is 11.6 Å². The van der Waals surface area contributed by atoms with Gasteiger partial charge < -0.3 is 29.7 Å². The van der Waals surface area contributed by atoms with Crippen LogP contribution in [0, 0.1) is 23.6 Å². The minimum Gasteiger partial charge on any atom is -0.496 e. The van der Waals surface area contributed by atoms with Crippen LogP contribution < -0.4 is 24.8 Å². The summed E-state index contributed by atoms with van der Waals surface area (Å²) in [5.41, 5.74) is -1.81. The van der Waals surface area contributed by atoms with Gasteiger partial charge in [-0.2, -0.15) is 13.2 Å². The lowest BCUT2D eigenvalue weighted by molar-refractivity contribution is -0.197. The third-order valence-corrected chi connectivity index (χ3v) is 13.7. The molecule has 0 unspecified atom stereocenters. The summed E-state index contributed by atoms with van der Waals surface area (Å²) in [4.78, 5) is 61.1. The van der Waals surface area contributed by atoms with Gasteiger partial charge in [0.25, 0.3) is 5.91 Å². The van der Waals surface area contributed by atoms with Gasteiger partial charge in [0.15, 0.2) is 6.10 Å². The van der Waals surface area contributed by atoms with Crippen LogP contribution in [0.25, 0.3) is 10.8 Å². The Morgan fingerprint density at radius 2 is 1.86 bits per heavy atom. The van der Waals surface area contributed by atoms with Gasteiger partial charge in [-0.05, 0) is 69.4 Å². The number of ether oxygens (including phenoxy) is 3. The van der Waals surface area contributed by atoms with E-state index in [0.29, 0.717) is 31.6 Å². The Hall–Kier alpha value is -4.75. The van der Waals surface area contributed by atoms with Crippen LogP contribution in [0.4, 0.5) is 26.7 Å². The Labute approximate surface area is 331 Å². The molecule has 58 heavy (non-hydrogen) atoms. The number of hydrogen-bond acceptors (Lipinski definition) is 10. The number of hydrogen-bond donors (Lipinski definition) is 3. The molecule has 0 bridgehead atoms. The number of alkyl halides is 4. The molecule has 0 spiro atoms. The number of fused-ring (bicyclic) bond motifs is 3. The van der Waals surface area contributed by atoms with Crippen LogP contribution in [0.3, 0.4) is 0 Å². The van der Waals surface area contributed by atoms with Crippen LogP contribution in [-0.4, -0.2) is 103 Å². The number of aromatic nitrogens is 1. The average Bonchev–Trinajstić information content (AvgIpc) is 4.06. The topological polar surface area (TPSA) is 182 Å².